The average molecular weight is 263 g/mol. The number of aryl methyl sites for hydroxylation is 1. The lowest BCUT2D eigenvalue weighted by molar-refractivity contribution is 0.101. The summed E-state index contributed by atoms with van der Waals surface area (Å²) in [6.45, 7) is 7.53. The van der Waals surface area contributed by atoms with Crippen molar-refractivity contribution in [2.45, 2.75) is 27.7 Å². The number of halogens is 1. The van der Waals surface area contributed by atoms with E-state index in [1.807, 2.05) is 31.5 Å². The van der Waals surface area contributed by atoms with Crippen LogP contribution in [0.1, 0.15) is 34.2 Å². The lowest BCUT2D eigenvalue weighted by Crippen LogP contribution is -2.02. The lowest BCUT2D eigenvalue weighted by Gasteiger charge is -2.08. The van der Waals surface area contributed by atoms with Crippen LogP contribution in [0, 0.1) is 20.8 Å². The smallest absolute Gasteiger partial charge is 0.159 e. The van der Waals surface area contributed by atoms with Crippen LogP contribution < -0.4 is 0 Å². The summed E-state index contributed by atoms with van der Waals surface area (Å²) >= 11 is 6.23. The Morgan fingerprint density at radius 1 is 1.28 bits per heavy atom. The Morgan fingerprint density at radius 3 is 2.39 bits per heavy atom. The summed E-state index contributed by atoms with van der Waals surface area (Å²) in [5, 5.41) is 5.00. The minimum atomic E-state index is 0.00741. The van der Waals surface area contributed by atoms with Crippen molar-refractivity contribution in [1.82, 2.24) is 9.78 Å². The van der Waals surface area contributed by atoms with Crippen molar-refractivity contribution >= 4 is 17.4 Å². The van der Waals surface area contributed by atoms with E-state index in [1.54, 1.807) is 12.1 Å². The minimum absolute atomic E-state index is 0.00741. The van der Waals surface area contributed by atoms with Crippen LogP contribution in [0.5, 0.6) is 0 Å². The Hall–Kier alpha value is -1.61. The molecule has 1 aromatic carbocycles. The van der Waals surface area contributed by atoms with Gasteiger partial charge in [-0.3, -0.25) is 4.79 Å². The highest BCUT2D eigenvalue weighted by Gasteiger charge is 2.12. The Labute approximate surface area is 111 Å². The van der Waals surface area contributed by atoms with Crippen LogP contribution in [-0.2, 0) is 0 Å². The Kier molecular flexibility index (Phi) is 3.26. The predicted molar refractivity (Wildman–Crippen MR) is 72.8 cm³/mol. The van der Waals surface area contributed by atoms with Gasteiger partial charge in [-0.2, -0.15) is 5.10 Å². The maximum absolute atomic E-state index is 11.3. The summed E-state index contributed by atoms with van der Waals surface area (Å²) in [7, 11) is 0. The maximum atomic E-state index is 11.3. The number of benzene rings is 1. The van der Waals surface area contributed by atoms with Gasteiger partial charge in [-0.15, -0.1) is 0 Å². The van der Waals surface area contributed by atoms with Crippen LogP contribution in [-0.4, -0.2) is 15.6 Å². The van der Waals surface area contributed by atoms with Crippen molar-refractivity contribution in [3.63, 3.8) is 0 Å². The van der Waals surface area contributed by atoms with Crippen LogP contribution in [0.3, 0.4) is 0 Å². The molecule has 18 heavy (non-hydrogen) atoms. The monoisotopic (exact) mass is 262 g/mol. The zero-order chi connectivity index (χ0) is 13.4. The fourth-order valence-electron chi connectivity index (χ4n) is 1.85. The molecule has 2 aromatic rings. The van der Waals surface area contributed by atoms with E-state index in [-0.39, 0.29) is 5.78 Å². The third kappa shape index (κ3) is 2.06. The largest absolute Gasteiger partial charge is 0.295 e. The Bertz CT molecular complexity index is 629. The van der Waals surface area contributed by atoms with Crippen LogP contribution in [0.15, 0.2) is 18.2 Å². The number of ketones is 1. The molecule has 0 amide bonds. The van der Waals surface area contributed by atoms with Gasteiger partial charge in [-0.25, -0.2) is 4.68 Å². The summed E-state index contributed by atoms with van der Waals surface area (Å²) in [5.74, 6) is 0.00741. The SMILES string of the molecule is CC(=O)c1ccc(-n2nc(C)c(C)c2C)c(Cl)c1. The van der Waals surface area contributed by atoms with Gasteiger partial charge in [0.2, 0.25) is 0 Å². The van der Waals surface area contributed by atoms with E-state index in [0.29, 0.717) is 10.6 Å². The van der Waals surface area contributed by atoms with Gasteiger partial charge in [0, 0.05) is 11.3 Å². The van der Waals surface area contributed by atoms with Crippen molar-refractivity contribution in [3.8, 4) is 5.69 Å². The fraction of sp³-hybridized carbons (Fsp3) is 0.286. The van der Waals surface area contributed by atoms with E-state index < -0.39 is 0 Å². The average Bonchev–Trinajstić information content (AvgIpc) is 2.57. The first-order chi connectivity index (χ1) is 8.41. The zero-order valence-electron chi connectivity index (χ0n) is 10.9. The first kappa shape index (κ1) is 12.8. The first-order valence-electron chi connectivity index (χ1n) is 5.75. The topological polar surface area (TPSA) is 34.9 Å². The molecule has 0 aliphatic rings. The van der Waals surface area contributed by atoms with Gasteiger partial charge >= 0.3 is 0 Å². The molecule has 0 aliphatic heterocycles. The Morgan fingerprint density at radius 2 is 1.94 bits per heavy atom. The highest BCUT2D eigenvalue weighted by molar-refractivity contribution is 6.32. The number of Topliss-reactive ketones (excluding diaryl/α,β-unsaturated/α-hetero) is 1. The first-order valence-corrected chi connectivity index (χ1v) is 6.13. The molecular formula is C14H15ClN2O. The van der Waals surface area contributed by atoms with Gasteiger partial charge in [0.15, 0.2) is 5.78 Å². The number of nitrogens with zero attached hydrogens (tertiary/aromatic N) is 2. The van der Waals surface area contributed by atoms with Crippen molar-refractivity contribution in [2.75, 3.05) is 0 Å². The molecule has 0 aliphatic carbocycles. The van der Waals surface area contributed by atoms with Gasteiger partial charge in [-0.05, 0) is 51.5 Å². The summed E-state index contributed by atoms with van der Waals surface area (Å²) < 4.78 is 1.82. The molecule has 0 saturated heterocycles. The summed E-state index contributed by atoms with van der Waals surface area (Å²) in [6.07, 6.45) is 0. The molecule has 0 fully saturated rings. The van der Waals surface area contributed by atoms with Gasteiger partial charge < -0.3 is 0 Å². The highest BCUT2D eigenvalue weighted by Crippen LogP contribution is 2.25. The molecule has 3 nitrogen and oxygen atoms in total. The quantitative estimate of drug-likeness (QED) is 0.775. The molecule has 1 aromatic heterocycles. The molecule has 1 heterocycles. The van der Waals surface area contributed by atoms with E-state index in [4.69, 9.17) is 11.6 Å². The van der Waals surface area contributed by atoms with Crippen molar-refractivity contribution in [2.24, 2.45) is 0 Å². The number of hydrogen-bond donors (Lipinski definition) is 0. The zero-order valence-corrected chi connectivity index (χ0v) is 11.7. The van der Waals surface area contributed by atoms with Crippen LogP contribution in [0.25, 0.3) is 5.69 Å². The van der Waals surface area contributed by atoms with E-state index in [2.05, 4.69) is 5.10 Å². The molecule has 4 heteroatoms. The van der Waals surface area contributed by atoms with Gasteiger partial charge in [0.05, 0.1) is 16.4 Å². The summed E-state index contributed by atoms with van der Waals surface area (Å²) in [5.41, 5.74) is 4.61. The number of carbonyl (C=O) groups is 1. The van der Waals surface area contributed by atoms with Gasteiger partial charge in [0.25, 0.3) is 0 Å². The van der Waals surface area contributed by atoms with E-state index >= 15 is 0 Å². The lowest BCUT2D eigenvalue weighted by atomic mass is 10.1. The van der Waals surface area contributed by atoms with E-state index in [0.717, 1.165) is 22.6 Å². The summed E-state index contributed by atoms with van der Waals surface area (Å²) in [6, 6.07) is 5.29. The third-order valence-corrected chi connectivity index (χ3v) is 3.54. The molecule has 0 bridgehead atoms. The molecule has 94 valence electrons. The normalized spacial score (nSPS) is 10.7. The second-order valence-electron chi connectivity index (χ2n) is 4.43. The number of aromatic nitrogens is 2. The summed E-state index contributed by atoms with van der Waals surface area (Å²) in [4.78, 5) is 11.3. The van der Waals surface area contributed by atoms with Crippen LogP contribution >= 0.6 is 11.6 Å². The number of rotatable bonds is 2. The second kappa shape index (κ2) is 4.58. The highest BCUT2D eigenvalue weighted by atomic mass is 35.5. The van der Waals surface area contributed by atoms with Crippen LogP contribution in [0.2, 0.25) is 5.02 Å². The predicted octanol–water partition coefficient (Wildman–Crippen LogP) is 3.65. The molecule has 0 saturated carbocycles. The van der Waals surface area contributed by atoms with E-state index in [1.165, 1.54) is 6.92 Å². The molecule has 0 radical (unpaired) electrons. The minimum Gasteiger partial charge on any atom is -0.295 e. The third-order valence-electron chi connectivity index (χ3n) is 3.24. The molecule has 0 spiro atoms. The second-order valence-corrected chi connectivity index (χ2v) is 4.84. The molecule has 0 atom stereocenters. The molecular weight excluding hydrogens is 248 g/mol. The van der Waals surface area contributed by atoms with Crippen LogP contribution in [0.4, 0.5) is 0 Å². The van der Waals surface area contributed by atoms with Crippen molar-refractivity contribution in [1.29, 1.82) is 0 Å². The van der Waals surface area contributed by atoms with Crippen molar-refractivity contribution in [3.05, 3.63) is 45.7 Å². The molecule has 0 N–H and O–H groups in total. The van der Waals surface area contributed by atoms with Gasteiger partial charge in [-0.1, -0.05) is 11.6 Å². The van der Waals surface area contributed by atoms with Gasteiger partial charge in [0.1, 0.15) is 0 Å². The number of hydrogen-bond acceptors (Lipinski definition) is 2. The standard InChI is InChI=1S/C14H15ClN2O/c1-8-9(2)16-17(10(8)3)14-6-5-12(11(4)18)7-13(14)15/h5-7H,1-4H3. The van der Waals surface area contributed by atoms with E-state index in [9.17, 15) is 4.79 Å². The van der Waals surface area contributed by atoms with Crippen molar-refractivity contribution < 1.29 is 4.79 Å². The maximum Gasteiger partial charge on any atom is 0.159 e. The molecule has 2 rings (SSSR count). The molecule has 0 unspecified atom stereocenters. The Balaban J connectivity index is 2.58. The fourth-order valence-corrected chi connectivity index (χ4v) is 2.11. The number of carbonyl (C=O) groups excluding carboxylic acids is 1.